The molecule has 1 amide bonds. The quantitative estimate of drug-likeness (QED) is 0.793. The van der Waals surface area contributed by atoms with Crippen LogP contribution in [0.3, 0.4) is 0 Å². The summed E-state index contributed by atoms with van der Waals surface area (Å²) in [7, 11) is -2.32. The minimum atomic E-state index is -3.87. The standard InChI is InChI=1S/C19H21FN2O5S/c1-13-19(23)22(9-10-26-2)12-14-11-16(5-8-18(14)27-13)21-28(24,25)17-6-3-15(20)4-7-17/h3-8,11,13,21H,9-10,12H2,1-2H3. The molecule has 2 aromatic carbocycles. The third-order valence-corrected chi connectivity index (χ3v) is 5.72. The van der Waals surface area contributed by atoms with Crippen LogP contribution in [0.5, 0.6) is 5.75 Å². The van der Waals surface area contributed by atoms with Crippen LogP contribution in [0.2, 0.25) is 0 Å². The summed E-state index contributed by atoms with van der Waals surface area (Å²) < 4.78 is 51.3. The second-order valence-corrected chi connectivity index (χ2v) is 8.08. The van der Waals surface area contributed by atoms with Crippen LogP contribution < -0.4 is 9.46 Å². The van der Waals surface area contributed by atoms with E-state index in [0.29, 0.717) is 30.2 Å². The maximum Gasteiger partial charge on any atom is 0.263 e. The van der Waals surface area contributed by atoms with Crippen molar-refractivity contribution >= 4 is 21.6 Å². The number of methoxy groups -OCH3 is 1. The third-order valence-electron chi connectivity index (χ3n) is 4.33. The lowest BCUT2D eigenvalue weighted by Gasteiger charge is -2.21. The van der Waals surface area contributed by atoms with Gasteiger partial charge in [-0.25, -0.2) is 12.8 Å². The number of hydrogen-bond acceptors (Lipinski definition) is 5. The third kappa shape index (κ3) is 4.42. The smallest absolute Gasteiger partial charge is 0.263 e. The monoisotopic (exact) mass is 408 g/mol. The number of nitrogens with one attached hydrogen (secondary N) is 1. The van der Waals surface area contributed by atoms with E-state index in [-0.39, 0.29) is 17.3 Å². The molecule has 0 saturated heterocycles. The minimum Gasteiger partial charge on any atom is -0.481 e. The summed E-state index contributed by atoms with van der Waals surface area (Å²) in [5.41, 5.74) is 0.994. The molecule has 1 heterocycles. The zero-order chi connectivity index (χ0) is 20.3. The Morgan fingerprint density at radius 3 is 2.64 bits per heavy atom. The van der Waals surface area contributed by atoms with E-state index in [1.54, 1.807) is 37.1 Å². The van der Waals surface area contributed by atoms with Gasteiger partial charge in [0.1, 0.15) is 11.6 Å². The van der Waals surface area contributed by atoms with Crippen LogP contribution in [-0.4, -0.2) is 45.6 Å². The van der Waals surface area contributed by atoms with E-state index in [0.717, 1.165) is 12.1 Å². The normalized spacial score (nSPS) is 16.9. The van der Waals surface area contributed by atoms with Gasteiger partial charge in [0.15, 0.2) is 6.10 Å². The zero-order valence-corrected chi connectivity index (χ0v) is 16.3. The van der Waals surface area contributed by atoms with Crippen molar-refractivity contribution in [1.82, 2.24) is 4.90 Å². The predicted molar refractivity (Wildman–Crippen MR) is 101 cm³/mol. The van der Waals surface area contributed by atoms with E-state index < -0.39 is 21.9 Å². The number of anilines is 1. The van der Waals surface area contributed by atoms with Crippen LogP contribution in [0.4, 0.5) is 10.1 Å². The van der Waals surface area contributed by atoms with Gasteiger partial charge < -0.3 is 14.4 Å². The van der Waals surface area contributed by atoms with Crippen LogP contribution in [0.25, 0.3) is 0 Å². The number of halogens is 1. The Balaban J connectivity index is 1.86. The molecule has 1 unspecified atom stereocenters. The van der Waals surface area contributed by atoms with Gasteiger partial charge >= 0.3 is 0 Å². The lowest BCUT2D eigenvalue weighted by Crippen LogP contribution is -2.39. The number of fused-ring (bicyclic) bond motifs is 1. The fraction of sp³-hybridized carbons (Fsp3) is 0.316. The van der Waals surface area contributed by atoms with Gasteiger partial charge in [-0.15, -0.1) is 0 Å². The fourth-order valence-corrected chi connectivity index (χ4v) is 3.93. The first kappa shape index (κ1) is 20.1. The first-order valence-corrected chi connectivity index (χ1v) is 10.1. The number of benzene rings is 2. The molecule has 0 spiro atoms. The largest absolute Gasteiger partial charge is 0.481 e. The van der Waals surface area contributed by atoms with Gasteiger partial charge in [0.05, 0.1) is 11.5 Å². The molecule has 3 rings (SSSR count). The highest BCUT2D eigenvalue weighted by Gasteiger charge is 2.28. The summed E-state index contributed by atoms with van der Waals surface area (Å²) in [5, 5.41) is 0. The highest BCUT2D eigenvalue weighted by molar-refractivity contribution is 7.92. The van der Waals surface area contributed by atoms with Gasteiger partial charge in [-0.1, -0.05) is 0 Å². The molecule has 1 atom stereocenters. The van der Waals surface area contributed by atoms with Crippen molar-refractivity contribution in [2.75, 3.05) is 25.0 Å². The summed E-state index contributed by atoms with van der Waals surface area (Å²) in [5.74, 6) is -0.164. The first-order chi connectivity index (χ1) is 13.3. The highest BCUT2D eigenvalue weighted by Crippen LogP contribution is 2.29. The molecule has 28 heavy (non-hydrogen) atoms. The number of carbonyl (C=O) groups excluding carboxylic acids is 1. The summed E-state index contributed by atoms with van der Waals surface area (Å²) in [4.78, 5) is 14.0. The molecule has 0 fully saturated rings. The predicted octanol–water partition coefficient (Wildman–Crippen LogP) is 2.38. The molecule has 0 saturated carbocycles. The molecule has 0 radical (unpaired) electrons. The van der Waals surface area contributed by atoms with Gasteiger partial charge in [-0.05, 0) is 49.4 Å². The van der Waals surface area contributed by atoms with Crippen molar-refractivity contribution < 1.29 is 27.1 Å². The molecule has 1 N–H and O–H groups in total. The van der Waals surface area contributed by atoms with Crippen molar-refractivity contribution in [3.8, 4) is 5.75 Å². The van der Waals surface area contributed by atoms with E-state index in [1.807, 2.05) is 0 Å². The molecular formula is C19H21FN2O5S. The maximum atomic E-state index is 13.0. The number of carbonyl (C=O) groups is 1. The Morgan fingerprint density at radius 1 is 1.25 bits per heavy atom. The van der Waals surface area contributed by atoms with Crippen molar-refractivity contribution in [3.05, 3.63) is 53.8 Å². The SMILES string of the molecule is COCCN1Cc2cc(NS(=O)(=O)c3ccc(F)cc3)ccc2OC(C)C1=O. The van der Waals surface area contributed by atoms with Crippen LogP contribution in [0, 0.1) is 5.82 Å². The second-order valence-electron chi connectivity index (χ2n) is 6.39. The number of hydrogen-bond donors (Lipinski definition) is 1. The van der Waals surface area contributed by atoms with E-state index in [2.05, 4.69) is 4.72 Å². The van der Waals surface area contributed by atoms with Crippen LogP contribution in [0.1, 0.15) is 12.5 Å². The van der Waals surface area contributed by atoms with Gasteiger partial charge in [0, 0.05) is 31.5 Å². The average molecular weight is 408 g/mol. The number of ether oxygens (including phenoxy) is 2. The van der Waals surface area contributed by atoms with E-state index in [1.165, 1.54) is 12.1 Å². The molecule has 2 aromatic rings. The summed E-state index contributed by atoms with van der Waals surface area (Å²) >= 11 is 0. The Morgan fingerprint density at radius 2 is 1.96 bits per heavy atom. The molecule has 0 aliphatic carbocycles. The molecule has 1 aliphatic rings. The number of amides is 1. The van der Waals surface area contributed by atoms with Crippen molar-refractivity contribution in [2.45, 2.75) is 24.5 Å². The van der Waals surface area contributed by atoms with Crippen LogP contribution in [-0.2, 0) is 26.1 Å². The summed E-state index contributed by atoms with van der Waals surface area (Å²) in [6.45, 7) is 2.72. The van der Waals surface area contributed by atoms with Gasteiger partial charge in [0.25, 0.3) is 15.9 Å². The van der Waals surface area contributed by atoms with Gasteiger partial charge in [-0.3, -0.25) is 9.52 Å². The van der Waals surface area contributed by atoms with E-state index >= 15 is 0 Å². The Kier molecular flexibility index (Phi) is 5.85. The van der Waals surface area contributed by atoms with Crippen molar-refractivity contribution in [1.29, 1.82) is 0 Å². The lowest BCUT2D eigenvalue weighted by atomic mass is 10.1. The molecular weight excluding hydrogens is 387 g/mol. The van der Waals surface area contributed by atoms with E-state index in [9.17, 15) is 17.6 Å². The van der Waals surface area contributed by atoms with Gasteiger partial charge in [-0.2, -0.15) is 0 Å². The summed E-state index contributed by atoms with van der Waals surface area (Å²) in [6.07, 6.45) is -0.653. The number of sulfonamides is 1. The number of nitrogens with zero attached hydrogens (tertiary/aromatic N) is 1. The second kappa shape index (κ2) is 8.15. The lowest BCUT2D eigenvalue weighted by molar-refractivity contribution is -0.138. The Bertz CT molecular complexity index is 963. The van der Waals surface area contributed by atoms with Crippen molar-refractivity contribution in [3.63, 3.8) is 0 Å². The van der Waals surface area contributed by atoms with E-state index in [4.69, 9.17) is 9.47 Å². The topological polar surface area (TPSA) is 84.9 Å². The summed E-state index contributed by atoms with van der Waals surface area (Å²) in [6, 6.07) is 9.36. The zero-order valence-electron chi connectivity index (χ0n) is 15.5. The Labute approximate surface area is 163 Å². The average Bonchev–Trinajstić information content (AvgIpc) is 2.77. The minimum absolute atomic E-state index is 0.0504. The highest BCUT2D eigenvalue weighted by atomic mass is 32.2. The molecule has 7 nitrogen and oxygen atoms in total. The molecule has 1 aliphatic heterocycles. The Hall–Kier alpha value is -2.65. The molecule has 0 aromatic heterocycles. The van der Waals surface area contributed by atoms with Crippen LogP contribution in [0.15, 0.2) is 47.4 Å². The number of rotatable bonds is 6. The molecule has 150 valence electrons. The fourth-order valence-electron chi connectivity index (χ4n) is 2.88. The van der Waals surface area contributed by atoms with Crippen molar-refractivity contribution in [2.24, 2.45) is 0 Å². The molecule has 0 bridgehead atoms. The van der Waals surface area contributed by atoms with Gasteiger partial charge in [0.2, 0.25) is 0 Å². The first-order valence-electron chi connectivity index (χ1n) is 8.66. The molecule has 9 heteroatoms. The maximum absolute atomic E-state index is 13.0. The van der Waals surface area contributed by atoms with Crippen LogP contribution >= 0.6 is 0 Å².